The summed E-state index contributed by atoms with van der Waals surface area (Å²) in [6.07, 6.45) is 0. The smallest absolute Gasteiger partial charge is 0.313 e. The van der Waals surface area contributed by atoms with Gasteiger partial charge in [-0.1, -0.05) is 0 Å². The van der Waals surface area contributed by atoms with Crippen LogP contribution >= 0.6 is 11.8 Å². The van der Waals surface area contributed by atoms with Crippen molar-refractivity contribution in [2.45, 2.75) is 0 Å². The van der Waals surface area contributed by atoms with Gasteiger partial charge in [0, 0.05) is 12.1 Å². The number of aliphatic carboxylic acids is 1. The Morgan fingerprint density at radius 2 is 2.11 bits per heavy atom. The van der Waals surface area contributed by atoms with Gasteiger partial charge in [0.1, 0.15) is 5.82 Å². The molecule has 1 amide bonds. The second kappa shape index (κ2) is 6.69. The summed E-state index contributed by atoms with van der Waals surface area (Å²) in [6, 6.07) is 2.75. The minimum atomic E-state index is -1.07. The summed E-state index contributed by atoms with van der Waals surface area (Å²) in [5.41, 5.74) is -0.662. The van der Waals surface area contributed by atoms with Crippen LogP contribution in [0.4, 0.5) is 15.8 Å². The van der Waals surface area contributed by atoms with Gasteiger partial charge >= 0.3 is 5.97 Å². The Morgan fingerprint density at radius 1 is 1.42 bits per heavy atom. The van der Waals surface area contributed by atoms with Gasteiger partial charge in [0.25, 0.3) is 5.69 Å². The number of carboxylic acids is 1. The van der Waals surface area contributed by atoms with Crippen LogP contribution in [0.15, 0.2) is 18.2 Å². The van der Waals surface area contributed by atoms with Crippen molar-refractivity contribution < 1.29 is 24.0 Å². The summed E-state index contributed by atoms with van der Waals surface area (Å²) in [6.45, 7) is 0. The lowest BCUT2D eigenvalue weighted by atomic mass is 10.2. The van der Waals surface area contributed by atoms with E-state index in [0.717, 1.165) is 30.0 Å². The molecule has 9 heteroatoms. The van der Waals surface area contributed by atoms with E-state index in [2.05, 4.69) is 5.32 Å². The van der Waals surface area contributed by atoms with Gasteiger partial charge in [0.05, 0.1) is 22.1 Å². The summed E-state index contributed by atoms with van der Waals surface area (Å²) in [5, 5.41) is 21.0. The molecule has 7 nitrogen and oxygen atoms in total. The number of carboxylic acid groups (broad SMARTS) is 1. The van der Waals surface area contributed by atoms with Gasteiger partial charge in [-0.05, 0) is 6.07 Å². The Balaban J connectivity index is 2.65. The van der Waals surface area contributed by atoms with Crippen molar-refractivity contribution in [3.05, 3.63) is 34.1 Å². The number of hydrogen-bond donors (Lipinski definition) is 2. The van der Waals surface area contributed by atoms with E-state index in [1.54, 1.807) is 0 Å². The number of nitrogens with one attached hydrogen (secondary N) is 1. The Morgan fingerprint density at radius 3 is 2.68 bits per heavy atom. The van der Waals surface area contributed by atoms with Gasteiger partial charge in [-0.3, -0.25) is 19.7 Å². The molecule has 0 fully saturated rings. The summed E-state index contributed by atoms with van der Waals surface area (Å²) in [7, 11) is 0. The minimum Gasteiger partial charge on any atom is -0.481 e. The molecule has 0 heterocycles. The van der Waals surface area contributed by atoms with E-state index in [-0.39, 0.29) is 22.9 Å². The van der Waals surface area contributed by atoms with E-state index >= 15 is 0 Å². The van der Waals surface area contributed by atoms with E-state index in [1.165, 1.54) is 0 Å². The van der Waals surface area contributed by atoms with Crippen molar-refractivity contribution in [2.75, 3.05) is 16.8 Å². The van der Waals surface area contributed by atoms with Gasteiger partial charge in [0.2, 0.25) is 5.91 Å². The molecular formula is C10H9FN2O5S. The summed E-state index contributed by atoms with van der Waals surface area (Å²) in [4.78, 5) is 31.4. The molecule has 0 saturated heterocycles. The number of benzene rings is 1. The van der Waals surface area contributed by atoms with Gasteiger partial charge in [-0.15, -0.1) is 11.8 Å². The molecule has 0 aliphatic carbocycles. The largest absolute Gasteiger partial charge is 0.481 e. The number of nitrogens with zero attached hydrogens (tertiary/aromatic N) is 1. The third-order valence-electron chi connectivity index (χ3n) is 1.89. The molecule has 102 valence electrons. The maximum Gasteiger partial charge on any atom is 0.313 e. The predicted octanol–water partition coefficient (Wildman–Crippen LogP) is 1.49. The number of rotatable bonds is 6. The molecule has 19 heavy (non-hydrogen) atoms. The molecule has 0 aliphatic heterocycles. The molecule has 1 aromatic carbocycles. The van der Waals surface area contributed by atoms with Crippen molar-refractivity contribution >= 4 is 35.0 Å². The average molecular weight is 288 g/mol. The number of nitro benzene ring substituents is 1. The molecule has 2 N–H and O–H groups in total. The molecule has 0 atom stereocenters. The maximum atomic E-state index is 13.3. The topological polar surface area (TPSA) is 110 Å². The first-order valence-corrected chi connectivity index (χ1v) is 6.09. The van der Waals surface area contributed by atoms with Crippen LogP contribution in [0.1, 0.15) is 0 Å². The third-order valence-corrected chi connectivity index (χ3v) is 2.81. The fourth-order valence-electron chi connectivity index (χ4n) is 1.14. The highest BCUT2D eigenvalue weighted by Crippen LogP contribution is 2.21. The normalized spacial score (nSPS) is 9.95. The highest BCUT2D eigenvalue weighted by atomic mass is 32.2. The van der Waals surface area contributed by atoms with E-state index in [4.69, 9.17) is 5.11 Å². The van der Waals surface area contributed by atoms with Crippen LogP contribution in [0.25, 0.3) is 0 Å². The van der Waals surface area contributed by atoms with Gasteiger partial charge in [-0.2, -0.15) is 0 Å². The lowest BCUT2D eigenvalue weighted by molar-refractivity contribution is -0.384. The van der Waals surface area contributed by atoms with Gasteiger partial charge < -0.3 is 10.4 Å². The van der Waals surface area contributed by atoms with E-state index in [0.29, 0.717) is 0 Å². The van der Waals surface area contributed by atoms with Crippen LogP contribution < -0.4 is 5.32 Å². The lowest BCUT2D eigenvalue weighted by Gasteiger charge is -2.05. The van der Waals surface area contributed by atoms with E-state index in [9.17, 15) is 24.1 Å². The van der Waals surface area contributed by atoms with Crippen LogP contribution in [0.2, 0.25) is 0 Å². The van der Waals surface area contributed by atoms with Crippen LogP contribution in [0.3, 0.4) is 0 Å². The summed E-state index contributed by atoms with van der Waals surface area (Å²) < 4.78 is 13.3. The molecule has 0 aliphatic rings. The van der Waals surface area contributed by atoms with Gasteiger partial charge in [0.15, 0.2) is 0 Å². The molecule has 0 radical (unpaired) electrons. The highest BCUT2D eigenvalue weighted by Gasteiger charge is 2.13. The number of thioether (sulfide) groups is 1. The Kier molecular flexibility index (Phi) is 5.24. The first kappa shape index (κ1) is 14.9. The van der Waals surface area contributed by atoms with Crippen molar-refractivity contribution in [1.82, 2.24) is 0 Å². The number of nitro groups is 1. The molecule has 0 aromatic heterocycles. The van der Waals surface area contributed by atoms with Crippen LogP contribution in [0.5, 0.6) is 0 Å². The van der Waals surface area contributed by atoms with Crippen LogP contribution in [0, 0.1) is 15.9 Å². The van der Waals surface area contributed by atoms with Crippen LogP contribution in [-0.2, 0) is 9.59 Å². The lowest BCUT2D eigenvalue weighted by Crippen LogP contribution is -2.16. The average Bonchev–Trinajstić information content (AvgIpc) is 2.31. The minimum absolute atomic E-state index is 0.186. The molecular weight excluding hydrogens is 279 g/mol. The zero-order valence-electron chi connectivity index (χ0n) is 9.46. The molecule has 0 saturated carbocycles. The fourth-order valence-corrected chi connectivity index (χ4v) is 1.67. The number of anilines is 1. The second-order valence-electron chi connectivity index (χ2n) is 3.36. The predicted molar refractivity (Wildman–Crippen MR) is 66.6 cm³/mol. The zero-order valence-corrected chi connectivity index (χ0v) is 10.3. The first-order chi connectivity index (χ1) is 8.90. The molecule has 1 rings (SSSR count). The van der Waals surface area contributed by atoms with Crippen molar-refractivity contribution in [3.63, 3.8) is 0 Å². The number of carbonyl (C=O) groups is 2. The Bertz CT molecular complexity index is 523. The maximum absolute atomic E-state index is 13.3. The number of halogens is 1. The third kappa shape index (κ3) is 4.92. The Labute approximate surface area is 110 Å². The number of carbonyl (C=O) groups excluding carboxylic acids is 1. The molecule has 0 unspecified atom stereocenters. The molecule has 0 bridgehead atoms. The summed E-state index contributed by atoms with van der Waals surface area (Å²) in [5.74, 6) is -2.95. The van der Waals surface area contributed by atoms with Crippen LogP contribution in [-0.4, -0.2) is 33.4 Å². The number of hydrogen-bond acceptors (Lipinski definition) is 5. The Hall–Kier alpha value is -2.16. The fraction of sp³-hybridized carbons (Fsp3) is 0.200. The summed E-state index contributed by atoms with van der Waals surface area (Å²) >= 11 is 0.837. The van der Waals surface area contributed by atoms with Crippen molar-refractivity contribution in [3.8, 4) is 0 Å². The standard InChI is InChI=1S/C10H9FN2O5S/c11-7-2-1-6(13(17)18)3-8(7)12-9(14)4-19-5-10(15)16/h1-3H,4-5H2,(H,12,14)(H,15,16). The first-order valence-electron chi connectivity index (χ1n) is 4.93. The molecule has 0 spiro atoms. The van der Waals surface area contributed by atoms with Crippen molar-refractivity contribution in [2.24, 2.45) is 0 Å². The van der Waals surface area contributed by atoms with E-state index < -0.39 is 22.6 Å². The SMILES string of the molecule is O=C(O)CSCC(=O)Nc1cc([N+](=O)[O-])ccc1F. The van der Waals surface area contributed by atoms with E-state index in [1.807, 2.05) is 0 Å². The second-order valence-corrected chi connectivity index (χ2v) is 4.34. The molecule has 1 aromatic rings. The van der Waals surface area contributed by atoms with Gasteiger partial charge in [-0.25, -0.2) is 4.39 Å². The van der Waals surface area contributed by atoms with Crippen molar-refractivity contribution in [1.29, 1.82) is 0 Å². The zero-order chi connectivity index (χ0) is 14.4. The highest BCUT2D eigenvalue weighted by molar-refractivity contribution is 8.00. The number of non-ortho nitro benzene ring substituents is 1. The number of amides is 1. The quantitative estimate of drug-likeness (QED) is 0.606. The monoisotopic (exact) mass is 288 g/mol.